The fourth-order valence-electron chi connectivity index (χ4n) is 1.90. The normalized spacial score (nSPS) is 50.9. The molecule has 0 heteroatoms. The standard InChI is InChI=1S/C8H12/c1-6-2-3-7-4-5-8(6)7/h2-3,6-8H,4-5H2,1H3/t6-,7+,8-/m1/s1. The maximum Gasteiger partial charge on any atom is -0.0199 e. The van der Waals surface area contributed by atoms with Crippen LogP contribution in [0.25, 0.3) is 0 Å². The van der Waals surface area contributed by atoms with Gasteiger partial charge < -0.3 is 0 Å². The molecular formula is C8H12. The van der Waals surface area contributed by atoms with Gasteiger partial charge in [0, 0.05) is 0 Å². The Morgan fingerprint density at radius 3 is 2.38 bits per heavy atom. The Morgan fingerprint density at radius 1 is 1.25 bits per heavy atom. The first-order chi connectivity index (χ1) is 3.88. The summed E-state index contributed by atoms with van der Waals surface area (Å²) in [6.07, 6.45) is 7.73. The van der Waals surface area contributed by atoms with Gasteiger partial charge in [-0.1, -0.05) is 19.1 Å². The van der Waals surface area contributed by atoms with E-state index in [-0.39, 0.29) is 0 Å². The van der Waals surface area contributed by atoms with Gasteiger partial charge in [-0.15, -0.1) is 0 Å². The van der Waals surface area contributed by atoms with Crippen LogP contribution in [0.1, 0.15) is 19.8 Å². The van der Waals surface area contributed by atoms with Crippen LogP contribution < -0.4 is 0 Å². The minimum absolute atomic E-state index is 0.897. The maximum atomic E-state index is 2.40. The lowest BCUT2D eigenvalue weighted by molar-refractivity contribution is 0.202. The van der Waals surface area contributed by atoms with Gasteiger partial charge in [-0.05, 0) is 30.6 Å². The molecule has 0 heterocycles. The summed E-state index contributed by atoms with van der Waals surface area (Å²) in [5, 5.41) is 0. The van der Waals surface area contributed by atoms with Gasteiger partial charge in [0.1, 0.15) is 0 Å². The Labute approximate surface area is 50.6 Å². The molecule has 2 aliphatic rings. The molecular weight excluding hydrogens is 96.1 g/mol. The summed E-state index contributed by atoms with van der Waals surface area (Å²) in [6, 6.07) is 0. The number of allylic oxidation sites excluding steroid dienone is 2. The molecule has 0 saturated heterocycles. The monoisotopic (exact) mass is 108 g/mol. The quantitative estimate of drug-likeness (QED) is 0.417. The fourth-order valence-corrected chi connectivity index (χ4v) is 1.90. The molecule has 44 valence electrons. The number of rotatable bonds is 0. The van der Waals surface area contributed by atoms with Crippen LogP contribution in [0.3, 0.4) is 0 Å². The van der Waals surface area contributed by atoms with E-state index in [2.05, 4.69) is 19.1 Å². The van der Waals surface area contributed by atoms with Gasteiger partial charge in [0.05, 0.1) is 0 Å². The predicted octanol–water partition coefficient (Wildman–Crippen LogP) is 2.22. The molecule has 3 atom stereocenters. The Balaban J connectivity index is 2.14. The molecule has 0 aliphatic heterocycles. The van der Waals surface area contributed by atoms with Crippen molar-refractivity contribution < 1.29 is 0 Å². The molecule has 0 spiro atoms. The zero-order chi connectivity index (χ0) is 5.56. The molecule has 0 bridgehead atoms. The maximum absolute atomic E-state index is 2.40. The third-order valence-corrected chi connectivity index (χ3v) is 2.72. The van der Waals surface area contributed by atoms with Crippen molar-refractivity contribution in [1.29, 1.82) is 0 Å². The highest BCUT2D eigenvalue weighted by Crippen LogP contribution is 2.45. The minimum atomic E-state index is 0.897. The van der Waals surface area contributed by atoms with Gasteiger partial charge in [-0.25, -0.2) is 0 Å². The summed E-state index contributed by atoms with van der Waals surface area (Å²) in [6.45, 7) is 2.33. The Hall–Kier alpha value is -0.260. The Bertz CT molecular complexity index is 116. The summed E-state index contributed by atoms with van der Waals surface area (Å²) in [5.41, 5.74) is 0. The molecule has 1 fully saturated rings. The van der Waals surface area contributed by atoms with E-state index in [1.807, 2.05) is 0 Å². The van der Waals surface area contributed by atoms with Crippen LogP contribution in [-0.2, 0) is 0 Å². The largest absolute Gasteiger partial charge is 0.0851 e. The van der Waals surface area contributed by atoms with Crippen molar-refractivity contribution in [3.8, 4) is 0 Å². The molecule has 0 amide bonds. The average Bonchev–Trinajstić information content (AvgIpc) is 1.80. The molecule has 0 aromatic carbocycles. The SMILES string of the molecule is C[C@@H]1C=C[C@H]2CC[C@H]12. The van der Waals surface area contributed by atoms with E-state index in [9.17, 15) is 0 Å². The number of fused-ring (bicyclic) bond motifs is 1. The molecule has 0 aromatic heterocycles. The summed E-state index contributed by atoms with van der Waals surface area (Å²) in [5.74, 6) is 2.94. The molecule has 2 aliphatic carbocycles. The van der Waals surface area contributed by atoms with E-state index in [1.165, 1.54) is 12.8 Å². The molecule has 8 heavy (non-hydrogen) atoms. The van der Waals surface area contributed by atoms with Crippen molar-refractivity contribution in [1.82, 2.24) is 0 Å². The molecule has 0 aromatic rings. The lowest BCUT2D eigenvalue weighted by Crippen LogP contribution is -2.24. The van der Waals surface area contributed by atoms with Gasteiger partial charge in [0.15, 0.2) is 0 Å². The summed E-state index contributed by atoms with van der Waals surface area (Å²) < 4.78 is 0. The Morgan fingerprint density at radius 2 is 2.12 bits per heavy atom. The summed E-state index contributed by atoms with van der Waals surface area (Å²) >= 11 is 0. The van der Waals surface area contributed by atoms with Crippen molar-refractivity contribution in [3.05, 3.63) is 12.2 Å². The van der Waals surface area contributed by atoms with E-state index in [4.69, 9.17) is 0 Å². The van der Waals surface area contributed by atoms with Gasteiger partial charge in [0.2, 0.25) is 0 Å². The van der Waals surface area contributed by atoms with E-state index >= 15 is 0 Å². The highest BCUT2D eigenvalue weighted by atomic mass is 14.4. The van der Waals surface area contributed by atoms with Crippen LogP contribution in [0.5, 0.6) is 0 Å². The first-order valence-electron chi connectivity index (χ1n) is 3.56. The Kier molecular flexibility index (Phi) is 0.787. The first kappa shape index (κ1) is 4.60. The molecule has 2 rings (SSSR count). The van der Waals surface area contributed by atoms with Crippen molar-refractivity contribution in [3.63, 3.8) is 0 Å². The van der Waals surface area contributed by atoms with Crippen LogP contribution in [0.4, 0.5) is 0 Å². The van der Waals surface area contributed by atoms with Gasteiger partial charge in [0.25, 0.3) is 0 Å². The van der Waals surface area contributed by atoms with Crippen molar-refractivity contribution in [2.24, 2.45) is 17.8 Å². The third kappa shape index (κ3) is 0.410. The summed E-state index contributed by atoms with van der Waals surface area (Å²) in [7, 11) is 0. The topological polar surface area (TPSA) is 0 Å². The molecule has 1 saturated carbocycles. The molecule has 0 unspecified atom stereocenters. The van der Waals surface area contributed by atoms with Crippen molar-refractivity contribution in [2.45, 2.75) is 19.8 Å². The first-order valence-corrected chi connectivity index (χ1v) is 3.56. The second-order valence-electron chi connectivity index (χ2n) is 3.15. The minimum Gasteiger partial charge on any atom is -0.0851 e. The lowest BCUT2D eigenvalue weighted by Gasteiger charge is -2.32. The van der Waals surface area contributed by atoms with Gasteiger partial charge in [-0.3, -0.25) is 0 Å². The molecule has 0 N–H and O–H groups in total. The highest BCUT2D eigenvalue weighted by molar-refractivity contribution is 5.09. The second-order valence-corrected chi connectivity index (χ2v) is 3.15. The molecule has 0 nitrogen and oxygen atoms in total. The zero-order valence-electron chi connectivity index (χ0n) is 5.30. The van der Waals surface area contributed by atoms with Crippen LogP contribution in [0.15, 0.2) is 12.2 Å². The average molecular weight is 108 g/mol. The van der Waals surface area contributed by atoms with Crippen LogP contribution in [-0.4, -0.2) is 0 Å². The lowest BCUT2D eigenvalue weighted by atomic mass is 9.72. The molecule has 0 radical (unpaired) electrons. The van der Waals surface area contributed by atoms with Crippen LogP contribution in [0, 0.1) is 17.8 Å². The van der Waals surface area contributed by atoms with E-state index < -0.39 is 0 Å². The van der Waals surface area contributed by atoms with Crippen LogP contribution in [0.2, 0.25) is 0 Å². The van der Waals surface area contributed by atoms with E-state index in [0.717, 1.165) is 17.8 Å². The van der Waals surface area contributed by atoms with Crippen molar-refractivity contribution in [2.75, 3.05) is 0 Å². The number of hydrogen-bond donors (Lipinski definition) is 0. The van der Waals surface area contributed by atoms with Gasteiger partial charge >= 0.3 is 0 Å². The predicted molar refractivity (Wildman–Crippen MR) is 34.5 cm³/mol. The summed E-state index contributed by atoms with van der Waals surface area (Å²) in [4.78, 5) is 0. The van der Waals surface area contributed by atoms with Gasteiger partial charge in [-0.2, -0.15) is 0 Å². The highest BCUT2D eigenvalue weighted by Gasteiger charge is 2.35. The van der Waals surface area contributed by atoms with Crippen molar-refractivity contribution >= 4 is 0 Å². The van der Waals surface area contributed by atoms with E-state index in [1.54, 1.807) is 0 Å². The fraction of sp³-hybridized carbons (Fsp3) is 0.750. The van der Waals surface area contributed by atoms with E-state index in [0.29, 0.717) is 0 Å². The third-order valence-electron chi connectivity index (χ3n) is 2.72. The number of hydrogen-bond acceptors (Lipinski definition) is 0. The van der Waals surface area contributed by atoms with Crippen LogP contribution >= 0.6 is 0 Å². The zero-order valence-corrected chi connectivity index (χ0v) is 5.30. The smallest absolute Gasteiger partial charge is 0.0199 e. The second kappa shape index (κ2) is 1.37.